The van der Waals surface area contributed by atoms with Crippen molar-refractivity contribution in [2.24, 2.45) is 0 Å². The molecule has 0 aromatic heterocycles. The van der Waals surface area contributed by atoms with E-state index in [1.54, 1.807) is 36.0 Å². The van der Waals surface area contributed by atoms with E-state index in [9.17, 15) is 14.7 Å². The normalized spacial score (nSPS) is 11.7. The number of carboxylic acids is 1. The Morgan fingerprint density at radius 1 is 1.35 bits per heavy atom. The van der Waals surface area contributed by atoms with Gasteiger partial charge in [-0.15, -0.1) is 0 Å². The lowest BCUT2D eigenvalue weighted by molar-refractivity contribution is -0.142. The number of nitrogens with one attached hydrogen (secondary N) is 1. The average Bonchev–Trinajstić information content (AvgIpc) is 2.45. The highest BCUT2D eigenvalue weighted by atomic mass is 32.2. The zero-order valence-electron chi connectivity index (χ0n) is 11.6. The van der Waals surface area contributed by atoms with Crippen LogP contribution in [0.1, 0.15) is 24.4 Å². The number of carboxylic acid groups (broad SMARTS) is 1. The molecule has 6 heteroatoms. The summed E-state index contributed by atoms with van der Waals surface area (Å²) in [7, 11) is 1.54. The van der Waals surface area contributed by atoms with E-state index in [0.29, 0.717) is 17.7 Å². The number of benzene rings is 1. The lowest BCUT2D eigenvalue weighted by Gasteiger charge is -2.15. The molecular formula is C14H19NO4S. The van der Waals surface area contributed by atoms with Crippen LogP contribution in [0, 0.1) is 0 Å². The predicted molar refractivity (Wildman–Crippen MR) is 79.1 cm³/mol. The molecule has 0 fully saturated rings. The first kappa shape index (κ1) is 16.4. The van der Waals surface area contributed by atoms with Crippen molar-refractivity contribution in [3.63, 3.8) is 0 Å². The van der Waals surface area contributed by atoms with Crippen LogP contribution in [-0.2, 0) is 9.59 Å². The summed E-state index contributed by atoms with van der Waals surface area (Å²) >= 11 is 1.66. The summed E-state index contributed by atoms with van der Waals surface area (Å²) in [5.74, 6) is 0.202. The van der Waals surface area contributed by atoms with Gasteiger partial charge in [0.05, 0.1) is 7.11 Å². The van der Waals surface area contributed by atoms with Gasteiger partial charge in [-0.3, -0.25) is 4.79 Å². The summed E-state index contributed by atoms with van der Waals surface area (Å²) in [4.78, 5) is 23.0. The number of carbonyl (C=O) groups is 2. The van der Waals surface area contributed by atoms with Gasteiger partial charge in [0.25, 0.3) is 0 Å². The van der Waals surface area contributed by atoms with Crippen LogP contribution in [0.5, 0.6) is 5.75 Å². The van der Waals surface area contributed by atoms with Crippen LogP contribution < -0.4 is 10.1 Å². The van der Waals surface area contributed by atoms with Gasteiger partial charge in [0.1, 0.15) is 5.75 Å². The summed E-state index contributed by atoms with van der Waals surface area (Å²) in [6, 6.07) is 5.60. The van der Waals surface area contributed by atoms with Crippen LogP contribution in [0.2, 0.25) is 0 Å². The molecule has 0 aliphatic rings. The summed E-state index contributed by atoms with van der Waals surface area (Å²) < 4.78 is 5.02. The van der Waals surface area contributed by atoms with Gasteiger partial charge in [0, 0.05) is 6.42 Å². The van der Waals surface area contributed by atoms with Gasteiger partial charge in [-0.25, -0.2) is 4.79 Å². The van der Waals surface area contributed by atoms with Gasteiger partial charge in [0.2, 0.25) is 5.91 Å². The number of hydrogen-bond donors (Lipinski definition) is 2. The first-order valence-electron chi connectivity index (χ1n) is 6.23. The standard InChI is InChI=1S/C14H19NO4S/c1-19-11-7-5-10(6-8-11)13(14(17)18)15-12(16)4-3-9-20-2/h5-8,13H,3-4,9H2,1-2H3,(H,15,16)(H,17,18). The van der Waals surface area contributed by atoms with Gasteiger partial charge < -0.3 is 15.2 Å². The minimum absolute atomic E-state index is 0.248. The second-order valence-corrected chi connectivity index (χ2v) is 5.19. The van der Waals surface area contributed by atoms with E-state index < -0.39 is 12.0 Å². The van der Waals surface area contributed by atoms with E-state index in [4.69, 9.17) is 4.74 Å². The van der Waals surface area contributed by atoms with Crippen molar-refractivity contribution in [3.8, 4) is 5.75 Å². The molecular weight excluding hydrogens is 278 g/mol. The summed E-state index contributed by atoms with van der Waals surface area (Å²) in [6.45, 7) is 0. The number of amides is 1. The molecule has 1 amide bonds. The SMILES string of the molecule is COc1ccc(C(NC(=O)CCCSC)C(=O)O)cc1. The molecule has 1 unspecified atom stereocenters. The first-order chi connectivity index (χ1) is 9.58. The number of thioether (sulfide) groups is 1. The van der Waals surface area contributed by atoms with Gasteiger partial charge in [-0.05, 0) is 36.1 Å². The molecule has 1 atom stereocenters. The molecule has 1 rings (SSSR count). The maximum atomic E-state index is 11.7. The van der Waals surface area contributed by atoms with E-state index in [1.807, 2.05) is 6.26 Å². The molecule has 5 nitrogen and oxygen atoms in total. The number of hydrogen-bond acceptors (Lipinski definition) is 4. The summed E-state index contributed by atoms with van der Waals surface area (Å²) in [5, 5.41) is 11.8. The number of methoxy groups -OCH3 is 1. The molecule has 0 saturated carbocycles. The van der Waals surface area contributed by atoms with E-state index in [0.717, 1.165) is 12.2 Å². The average molecular weight is 297 g/mol. The van der Waals surface area contributed by atoms with Crippen LogP contribution in [0.25, 0.3) is 0 Å². The maximum absolute atomic E-state index is 11.7. The molecule has 0 saturated heterocycles. The zero-order chi connectivity index (χ0) is 15.0. The first-order valence-corrected chi connectivity index (χ1v) is 7.63. The van der Waals surface area contributed by atoms with Crippen LogP contribution in [-0.4, -0.2) is 36.1 Å². The second-order valence-electron chi connectivity index (χ2n) is 4.21. The second kappa shape index (κ2) is 8.47. The Balaban J connectivity index is 2.68. The molecule has 2 N–H and O–H groups in total. The van der Waals surface area contributed by atoms with E-state index >= 15 is 0 Å². The fourth-order valence-electron chi connectivity index (χ4n) is 1.69. The summed E-state index contributed by atoms with van der Waals surface area (Å²) in [6.07, 6.45) is 3.04. The third-order valence-corrected chi connectivity index (χ3v) is 3.45. The van der Waals surface area contributed by atoms with Crippen molar-refractivity contribution in [2.75, 3.05) is 19.1 Å². The van der Waals surface area contributed by atoms with Crippen molar-refractivity contribution in [1.82, 2.24) is 5.32 Å². The van der Waals surface area contributed by atoms with Gasteiger partial charge in [-0.1, -0.05) is 12.1 Å². The smallest absolute Gasteiger partial charge is 0.330 e. The van der Waals surface area contributed by atoms with E-state index in [-0.39, 0.29) is 5.91 Å². The number of ether oxygens (including phenoxy) is 1. The minimum Gasteiger partial charge on any atom is -0.497 e. The molecule has 0 aliphatic carbocycles. The van der Waals surface area contributed by atoms with Crippen molar-refractivity contribution >= 4 is 23.6 Å². The fourth-order valence-corrected chi connectivity index (χ4v) is 2.13. The largest absolute Gasteiger partial charge is 0.497 e. The van der Waals surface area contributed by atoms with Gasteiger partial charge >= 0.3 is 5.97 Å². The zero-order valence-corrected chi connectivity index (χ0v) is 12.4. The van der Waals surface area contributed by atoms with Gasteiger partial charge in [0.15, 0.2) is 6.04 Å². The van der Waals surface area contributed by atoms with Crippen LogP contribution in [0.3, 0.4) is 0 Å². The Labute approximate surface area is 122 Å². The van der Waals surface area contributed by atoms with Crippen LogP contribution in [0.4, 0.5) is 0 Å². The van der Waals surface area contributed by atoms with Crippen molar-refractivity contribution in [2.45, 2.75) is 18.9 Å². The Morgan fingerprint density at radius 3 is 2.50 bits per heavy atom. The molecule has 0 aliphatic heterocycles. The number of rotatable bonds is 8. The van der Waals surface area contributed by atoms with Crippen LogP contribution in [0.15, 0.2) is 24.3 Å². The molecule has 1 aromatic rings. The molecule has 0 radical (unpaired) electrons. The molecule has 1 aromatic carbocycles. The Morgan fingerprint density at radius 2 is 2.00 bits per heavy atom. The van der Waals surface area contributed by atoms with E-state index in [1.165, 1.54) is 7.11 Å². The molecule has 0 heterocycles. The highest BCUT2D eigenvalue weighted by Crippen LogP contribution is 2.18. The monoisotopic (exact) mass is 297 g/mol. The van der Waals surface area contributed by atoms with Gasteiger partial charge in [-0.2, -0.15) is 11.8 Å². The quantitative estimate of drug-likeness (QED) is 0.719. The molecule has 0 spiro atoms. The maximum Gasteiger partial charge on any atom is 0.330 e. The topological polar surface area (TPSA) is 75.6 Å². The molecule has 110 valence electrons. The van der Waals surface area contributed by atoms with Crippen molar-refractivity contribution < 1.29 is 19.4 Å². The number of carbonyl (C=O) groups excluding carboxylic acids is 1. The minimum atomic E-state index is -1.08. The third-order valence-electron chi connectivity index (χ3n) is 2.75. The van der Waals surface area contributed by atoms with Crippen molar-refractivity contribution in [3.05, 3.63) is 29.8 Å². The molecule has 20 heavy (non-hydrogen) atoms. The Hall–Kier alpha value is -1.69. The number of aliphatic carboxylic acids is 1. The highest BCUT2D eigenvalue weighted by molar-refractivity contribution is 7.98. The van der Waals surface area contributed by atoms with Crippen LogP contribution >= 0.6 is 11.8 Å². The Bertz CT molecular complexity index is 447. The lowest BCUT2D eigenvalue weighted by Crippen LogP contribution is -2.33. The third kappa shape index (κ3) is 5.13. The lowest BCUT2D eigenvalue weighted by atomic mass is 10.1. The summed E-state index contributed by atoms with van der Waals surface area (Å²) in [5.41, 5.74) is 0.525. The molecule has 0 bridgehead atoms. The Kier molecular flexibility index (Phi) is 6.93. The predicted octanol–water partition coefficient (Wildman–Crippen LogP) is 2.08. The van der Waals surface area contributed by atoms with Crippen molar-refractivity contribution in [1.29, 1.82) is 0 Å². The van der Waals surface area contributed by atoms with E-state index in [2.05, 4.69) is 5.32 Å². The fraction of sp³-hybridized carbons (Fsp3) is 0.429. The highest BCUT2D eigenvalue weighted by Gasteiger charge is 2.21.